The van der Waals surface area contributed by atoms with E-state index in [0.717, 1.165) is 0 Å². The van der Waals surface area contributed by atoms with Crippen LogP contribution in [0.4, 0.5) is 4.39 Å². The third-order valence-electron chi connectivity index (χ3n) is 5.90. The van der Waals surface area contributed by atoms with Gasteiger partial charge in [-0.3, -0.25) is 14.7 Å². The van der Waals surface area contributed by atoms with Gasteiger partial charge in [0.05, 0.1) is 35.9 Å². The Kier molecular flexibility index (Phi) is 4.64. The zero-order chi connectivity index (χ0) is 26.8. The van der Waals surface area contributed by atoms with Crippen molar-refractivity contribution >= 4 is 33.4 Å². The second kappa shape index (κ2) is 8.47. The maximum Gasteiger partial charge on any atom is 0.257 e. The van der Waals surface area contributed by atoms with Gasteiger partial charge in [0, 0.05) is 32.8 Å². The van der Waals surface area contributed by atoms with Gasteiger partial charge in [-0.15, -0.1) is 0 Å². The number of nitrogens with zero attached hydrogens (tertiary/aromatic N) is 2. The van der Waals surface area contributed by atoms with E-state index in [-0.39, 0.29) is 30.5 Å². The topological polar surface area (TPSA) is 62.7 Å². The minimum Gasteiger partial charge on any atom is -0.396 e. The van der Waals surface area contributed by atoms with Crippen molar-refractivity contribution in [2.24, 2.45) is 5.41 Å². The number of fused-ring (bicyclic) bond motifs is 1. The van der Waals surface area contributed by atoms with E-state index in [9.17, 15) is 14.3 Å². The normalized spacial score (nSPS) is 23.4. The van der Waals surface area contributed by atoms with Gasteiger partial charge in [0.2, 0.25) is 0 Å². The number of carbonyl (C=O) groups excluding carboxylic acids is 1. The number of aliphatic hydroxyl groups is 1. The first-order valence-corrected chi connectivity index (χ1v) is 11.4. The Bertz CT molecular complexity index is 1370. The Labute approximate surface area is 209 Å². The third kappa shape index (κ3) is 3.97. The molecule has 2 heterocycles. The molecule has 1 N–H and O–H groups in total. The average Bonchev–Trinajstić information content (AvgIpc) is 3.63. The molecule has 8 heteroatoms. The Balaban J connectivity index is 1.75. The third-order valence-corrected chi connectivity index (χ3v) is 6.62. The van der Waals surface area contributed by atoms with E-state index in [1.807, 2.05) is 0 Å². The van der Waals surface area contributed by atoms with Crippen LogP contribution in [0, 0.1) is 11.2 Å². The summed E-state index contributed by atoms with van der Waals surface area (Å²) in [5, 5.41) is 10.7. The highest BCUT2D eigenvalue weighted by Crippen LogP contribution is 2.51. The molecule has 0 bridgehead atoms. The number of ether oxygens (including phenoxy) is 1. The summed E-state index contributed by atoms with van der Waals surface area (Å²) >= 11 is 9.36. The molecule has 1 unspecified atom stereocenters. The van der Waals surface area contributed by atoms with Crippen LogP contribution in [0.25, 0.3) is 0 Å². The highest BCUT2D eigenvalue weighted by Gasteiger charge is 2.54. The van der Waals surface area contributed by atoms with Crippen molar-refractivity contribution in [2.75, 3.05) is 13.1 Å². The number of rotatable bonds is 7. The fraction of sp³-hybridized carbons (Fsp3) is 0.280. The second-order valence-corrected chi connectivity index (χ2v) is 9.45. The summed E-state index contributed by atoms with van der Waals surface area (Å²) in [7, 11) is 0. The summed E-state index contributed by atoms with van der Waals surface area (Å²) in [6, 6.07) is 13.2. The number of carbonyl (C=O) groups is 1. The molecule has 1 aromatic heterocycles. The van der Waals surface area contributed by atoms with Crippen molar-refractivity contribution in [3.63, 3.8) is 0 Å². The monoisotopic (exact) mass is 534 g/mol. The van der Waals surface area contributed by atoms with Crippen molar-refractivity contribution in [1.29, 1.82) is 0 Å². The fourth-order valence-electron chi connectivity index (χ4n) is 3.96. The number of pyridine rings is 1. The number of aromatic nitrogens is 1. The van der Waals surface area contributed by atoms with Crippen LogP contribution in [-0.2, 0) is 17.0 Å². The van der Waals surface area contributed by atoms with Gasteiger partial charge in [-0.2, -0.15) is 0 Å². The van der Waals surface area contributed by atoms with Gasteiger partial charge in [-0.1, -0.05) is 45.7 Å². The highest BCUT2D eigenvalue weighted by molar-refractivity contribution is 9.10. The summed E-state index contributed by atoms with van der Waals surface area (Å²) in [6.45, 7) is -5.77. The quantitative estimate of drug-likeness (QED) is 0.447. The van der Waals surface area contributed by atoms with Crippen LogP contribution in [0.2, 0.25) is 5.02 Å². The Morgan fingerprint density at radius 2 is 1.97 bits per heavy atom. The second-order valence-electron chi connectivity index (χ2n) is 8.10. The van der Waals surface area contributed by atoms with Gasteiger partial charge >= 0.3 is 0 Å². The summed E-state index contributed by atoms with van der Waals surface area (Å²) < 4.78 is 54.4. The van der Waals surface area contributed by atoms with Crippen LogP contribution in [0.15, 0.2) is 65.3 Å². The maximum absolute atomic E-state index is 14.0. The lowest BCUT2D eigenvalue weighted by molar-refractivity contribution is -0.129. The number of hydrogen-bond acceptors (Lipinski definition) is 4. The maximum atomic E-state index is 14.0. The first-order valence-electron chi connectivity index (χ1n) is 12.2. The lowest BCUT2D eigenvalue weighted by Crippen LogP contribution is -2.47. The number of halogens is 3. The molecule has 0 spiro atoms. The smallest absolute Gasteiger partial charge is 0.257 e. The largest absolute Gasteiger partial charge is 0.396 e. The van der Waals surface area contributed by atoms with Crippen LogP contribution in [0.3, 0.4) is 0 Å². The summed E-state index contributed by atoms with van der Waals surface area (Å²) in [6.07, 6.45) is 1.48. The minimum absolute atomic E-state index is 0.0306. The average molecular weight is 536 g/mol. The lowest BCUT2D eigenvalue weighted by Gasteiger charge is -2.40. The van der Waals surface area contributed by atoms with Crippen LogP contribution < -0.4 is 0 Å². The predicted octanol–water partition coefficient (Wildman–Crippen LogP) is 5.28. The molecule has 5 rings (SSSR count). The van der Waals surface area contributed by atoms with E-state index in [1.165, 1.54) is 35.4 Å². The van der Waals surface area contributed by atoms with E-state index >= 15 is 0 Å². The molecule has 1 aliphatic heterocycles. The molecule has 1 aliphatic carbocycles. The summed E-state index contributed by atoms with van der Waals surface area (Å²) in [4.78, 5) is 19.4. The summed E-state index contributed by atoms with van der Waals surface area (Å²) in [5.74, 6) is -1.04. The fourth-order valence-corrected chi connectivity index (χ4v) is 4.43. The van der Waals surface area contributed by atoms with Crippen LogP contribution in [0.1, 0.15) is 45.5 Å². The van der Waals surface area contributed by atoms with Crippen LogP contribution in [-0.4, -0.2) is 34.0 Å². The molecule has 3 aromatic rings. The number of hydrogen-bond donors (Lipinski definition) is 1. The van der Waals surface area contributed by atoms with Crippen molar-refractivity contribution in [1.82, 2.24) is 9.88 Å². The lowest BCUT2D eigenvalue weighted by atomic mass is 9.93. The van der Waals surface area contributed by atoms with E-state index < -0.39 is 36.0 Å². The zero-order valence-electron chi connectivity index (χ0n) is 21.2. The van der Waals surface area contributed by atoms with Crippen LogP contribution in [0.5, 0.6) is 0 Å². The molecule has 2 aromatic carbocycles. The molecule has 5 nitrogen and oxygen atoms in total. The van der Waals surface area contributed by atoms with E-state index in [1.54, 1.807) is 30.3 Å². The number of benzene rings is 2. The van der Waals surface area contributed by atoms with Gasteiger partial charge in [-0.25, -0.2) is 4.39 Å². The molecule has 2 aliphatic rings. The molecule has 1 fully saturated rings. The van der Waals surface area contributed by atoms with E-state index in [0.29, 0.717) is 20.8 Å². The Hall–Kier alpha value is -2.32. The predicted molar refractivity (Wildman–Crippen MR) is 125 cm³/mol. The molecule has 0 saturated heterocycles. The molecule has 170 valence electrons. The molecule has 33 heavy (non-hydrogen) atoms. The first-order chi connectivity index (χ1) is 17.3. The van der Waals surface area contributed by atoms with Crippen molar-refractivity contribution < 1.29 is 24.5 Å². The molecule has 0 radical (unpaired) electrons. The Morgan fingerprint density at radius 3 is 2.61 bits per heavy atom. The summed E-state index contributed by atoms with van der Waals surface area (Å²) in [5.41, 5.74) is -2.61. The highest BCUT2D eigenvalue weighted by atomic mass is 79.9. The van der Waals surface area contributed by atoms with Crippen molar-refractivity contribution in [3.8, 4) is 0 Å². The van der Waals surface area contributed by atoms with Gasteiger partial charge in [-0.05, 0) is 49.2 Å². The van der Waals surface area contributed by atoms with E-state index in [4.69, 9.17) is 21.8 Å². The van der Waals surface area contributed by atoms with E-state index in [2.05, 4.69) is 20.9 Å². The van der Waals surface area contributed by atoms with Crippen LogP contribution >= 0.6 is 27.5 Å². The SMILES string of the molecule is [2H]C([2H])(O)C1(C([2H])([2H])OC2(c3ccc(F)cc3)c3ccc(Br)cc3C(=O)N2Cc2ccc(Cl)cn2)CC1. The Morgan fingerprint density at radius 1 is 1.21 bits per heavy atom. The molecular formula is C25H21BrClFN2O3. The molecule has 1 saturated carbocycles. The van der Waals surface area contributed by atoms with Gasteiger partial charge < -0.3 is 9.84 Å². The zero-order valence-corrected chi connectivity index (χ0v) is 19.5. The molecule has 1 atom stereocenters. The van der Waals surface area contributed by atoms with Gasteiger partial charge in [0.1, 0.15) is 5.82 Å². The first kappa shape index (κ1) is 18.1. The van der Waals surface area contributed by atoms with Crippen molar-refractivity contribution in [2.45, 2.75) is 25.1 Å². The molecular weight excluding hydrogens is 511 g/mol. The minimum atomic E-state index is -2.89. The van der Waals surface area contributed by atoms with Gasteiger partial charge in [0.25, 0.3) is 5.91 Å². The molecule has 1 amide bonds. The van der Waals surface area contributed by atoms with Crippen molar-refractivity contribution in [3.05, 3.63) is 98.5 Å². The standard InChI is InChI=1S/C25H21BrClFN2O3/c26-17-3-8-22-21(11-17)23(32)30(13-20-7-4-18(27)12-29-20)25(22,16-1-5-19(28)6-2-16)33-15-24(14-31)9-10-24/h1-8,11-12,31H,9-10,13-15H2/i14D2,15D2. The van der Waals surface area contributed by atoms with Gasteiger partial charge in [0.15, 0.2) is 5.72 Å². The number of amides is 1.